The van der Waals surface area contributed by atoms with Gasteiger partial charge in [0, 0.05) is 7.05 Å². The molecule has 0 aliphatic heterocycles. The average molecular weight is 345 g/mol. The van der Waals surface area contributed by atoms with E-state index < -0.39 is 17.4 Å². The molecule has 0 bridgehead atoms. The Balaban J connectivity index is 1.84. The van der Waals surface area contributed by atoms with Gasteiger partial charge in [0.1, 0.15) is 18.5 Å². The molecule has 0 unspecified atom stereocenters. The SMILES string of the molecule is Cc1ccccc1OC[C@@H](O)Cn1c(N)nc2c1c(=O)[nH]c(=O)n2C. The van der Waals surface area contributed by atoms with Gasteiger partial charge in [0.15, 0.2) is 11.2 Å². The van der Waals surface area contributed by atoms with Crippen LogP contribution in [0.3, 0.4) is 0 Å². The Bertz CT molecular complexity index is 1030. The van der Waals surface area contributed by atoms with E-state index in [4.69, 9.17) is 10.5 Å². The fourth-order valence-electron chi connectivity index (χ4n) is 2.60. The number of benzene rings is 1. The van der Waals surface area contributed by atoms with E-state index in [1.54, 1.807) is 0 Å². The summed E-state index contributed by atoms with van der Waals surface area (Å²) >= 11 is 0. The lowest BCUT2D eigenvalue weighted by Gasteiger charge is -2.15. The fourth-order valence-corrected chi connectivity index (χ4v) is 2.60. The normalized spacial score (nSPS) is 12.4. The Kier molecular flexibility index (Phi) is 4.32. The van der Waals surface area contributed by atoms with Crippen LogP contribution in [0.2, 0.25) is 0 Å². The summed E-state index contributed by atoms with van der Waals surface area (Å²) in [4.78, 5) is 30.0. The van der Waals surface area contributed by atoms with E-state index in [0.29, 0.717) is 5.75 Å². The largest absolute Gasteiger partial charge is 0.491 e. The Hall–Kier alpha value is -3.07. The highest BCUT2D eigenvalue weighted by atomic mass is 16.5. The zero-order chi connectivity index (χ0) is 18.1. The topological polar surface area (TPSA) is 128 Å². The molecule has 25 heavy (non-hydrogen) atoms. The molecule has 0 aliphatic rings. The Morgan fingerprint density at radius 3 is 2.80 bits per heavy atom. The summed E-state index contributed by atoms with van der Waals surface area (Å²) < 4.78 is 8.18. The number of para-hydroxylation sites is 1. The number of imidazole rings is 1. The van der Waals surface area contributed by atoms with Gasteiger partial charge in [0.05, 0.1) is 6.54 Å². The molecule has 0 aliphatic carbocycles. The van der Waals surface area contributed by atoms with Gasteiger partial charge in [-0.25, -0.2) is 4.79 Å². The highest BCUT2D eigenvalue weighted by Crippen LogP contribution is 2.17. The lowest BCUT2D eigenvalue weighted by atomic mass is 10.2. The second kappa shape index (κ2) is 6.44. The average Bonchev–Trinajstić information content (AvgIpc) is 2.89. The molecular formula is C16H19N5O4. The first-order valence-electron chi connectivity index (χ1n) is 7.70. The van der Waals surface area contributed by atoms with Crippen LogP contribution < -0.4 is 21.7 Å². The molecule has 2 aromatic heterocycles. The summed E-state index contributed by atoms with van der Waals surface area (Å²) in [5, 5.41) is 10.3. The quantitative estimate of drug-likeness (QED) is 0.585. The van der Waals surface area contributed by atoms with Gasteiger partial charge in [-0.05, 0) is 18.6 Å². The lowest BCUT2D eigenvalue weighted by molar-refractivity contribution is 0.0935. The Morgan fingerprint density at radius 2 is 2.08 bits per heavy atom. The van der Waals surface area contributed by atoms with Crippen molar-refractivity contribution in [2.75, 3.05) is 12.3 Å². The third-order valence-electron chi connectivity index (χ3n) is 3.95. The number of ether oxygens (including phenoxy) is 1. The molecule has 1 aromatic carbocycles. The molecule has 9 heteroatoms. The third kappa shape index (κ3) is 3.13. The number of H-pyrrole nitrogens is 1. The van der Waals surface area contributed by atoms with Gasteiger partial charge >= 0.3 is 5.69 Å². The van der Waals surface area contributed by atoms with E-state index >= 15 is 0 Å². The fraction of sp³-hybridized carbons (Fsp3) is 0.312. The van der Waals surface area contributed by atoms with Gasteiger partial charge < -0.3 is 20.1 Å². The molecule has 0 spiro atoms. The number of nitrogen functional groups attached to an aromatic ring is 1. The van der Waals surface area contributed by atoms with Gasteiger partial charge in [0.2, 0.25) is 5.95 Å². The maximum atomic E-state index is 12.1. The molecule has 9 nitrogen and oxygen atoms in total. The summed E-state index contributed by atoms with van der Waals surface area (Å²) in [6, 6.07) is 7.45. The van der Waals surface area contributed by atoms with Gasteiger partial charge in [-0.3, -0.25) is 14.3 Å². The van der Waals surface area contributed by atoms with E-state index in [-0.39, 0.29) is 30.3 Å². The van der Waals surface area contributed by atoms with Crippen LogP contribution in [0, 0.1) is 6.92 Å². The number of aryl methyl sites for hydroxylation is 2. The van der Waals surface area contributed by atoms with Crippen molar-refractivity contribution in [3.8, 4) is 5.75 Å². The monoisotopic (exact) mass is 345 g/mol. The maximum absolute atomic E-state index is 12.1. The maximum Gasteiger partial charge on any atom is 0.329 e. The molecule has 1 atom stereocenters. The number of nitrogens with two attached hydrogens (primary N) is 1. The number of nitrogens with one attached hydrogen (secondary N) is 1. The zero-order valence-electron chi connectivity index (χ0n) is 13.9. The lowest BCUT2D eigenvalue weighted by Crippen LogP contribution is -2.30. The molecule has 3 rings (SSSR count). The van der Waals surface area contributed by atoms with E-state index in [1.165, 1.54) is 16.2 Å². The van der Waals surface area contributed by atoms with Gasteiger partial charge in [0.25, 0.3) is 5.56 Å². The van der Waals surface area contributed by atoms with Crippen molar-refractivity contribution in [1.29, 1.82) is 0 Å². The van der Waals surface area contributed by atoms with Crippen molar-refractivity contribution < 1.29 is 9.84 Å². The van der Waals surface area contributed by atoms with Crippen LogP contribution >= 0.6 is 0 Å². The predicted molar refractivity (Wildman–Crippen MR) is 92.7 cm³/mol. The number of hydrogen-bond donors (Lipinski definition) is 3. The standard InChI is InChI=1S/C16H19N5O4/c1-9-5-3-4-6-11(9)25-8-10(22)7-21-12-13(18-15(21)17)20(2)16(24)19-14(12)23/h3-6,10,22H,7-8H2,1-2H3,(H2,17,18)(H,19,23,24)/t10-/m0/s1. The molecule has 2 heterocycles. The summed E-state index contributed by atoms with van der Waals surface area (Å²) in [7, 11) is 1.48. The van der Waals surface area contributed by atoms with E-state index in [0.717, 1.165) is 5.56 Å². The molecule has 0 saturated heterocycles. The Morgan fingerprint density at radius 1 is 1.36 bits per heavy atom. The molecule has 0 saturated carbocycles. The minimum Gasteiger partial charge on any atom is -0.491 e. The summed E-state index contributed by atoms with van der Waals surface area (Å²) in [6.45, 7) is 1.94. The first-order valence-corrected chi connectivity index (χ1v) is 7.70. The summed E-state index contributed by atoms with van der Waals surface area (Å²) in [5.74, 6) is 0.710. The minimum absolute atomic E-state index is 0.00942. The molecule has 0 fully saturated rings. The van der Waals surface area contributed by atoms with Crippen LogP contribution in [0.4, 0.5) is 5.95 Å². The zero-order valence-corrected chi connectivity index (χ0v) is 13.9. The van der Waals surface area contributed by atoms with E-state index in [1.807, 2.05) is 31.2 Å². The van der Waals surface area contributed by atoms with Gasteiger partial charge in [-0.2, -0.15) is 4.98 Å². The van der Waals surface area contributed by atoms with Crippen molar-refractivity contribution in [3.05, 3.63) is 50.7 Å². The molecule has 4 N–H and O–H groups in total. The number of anilines is 1. The highest BCUT2D eigenvalue weighted by molar-refractivity contribution is 5.73. The van der Waals surface area contributed by atoms with E-state index in [9.17, 15) is 14.7 Å². The second-order valence-electron chi connectivity index (χ2n) is 5.80. The van der Waals surface area contributed by atoms with Crippen molar-refractivity contribution in [2.45, 2.75) is 19.6 Å². The summed E-state index contributed by atoms with van der Waals surface area (Å²) in [5.41, 5.74) is 5.92. The van der Waals surface area contributed by atoms with Crippen molar-refractivity contribution >= 4 is 17.1 Å². The van der Waals surface area contributed by atoms with Crippen molar-refractivity contribution in [2.24, 2.45) is 7.05 Å². The minimum atomic E-state index is -0.920. The highest BCUT2D eigenvalue weighted by Gasteiger charge is 2.18. The van der Waals surface area contributed by atoms with Gasteiger partial charge in [-0.1, -0.05) is 18.2 Å². The second-order valence-corrected chi connectivity index (χ2v) is 5.80. The third-order valence-corrected chi connectivity index (χ3v) is 3.95. The number of aliphatic hydroxyl groups excluding tert-OH is 1. The molecule has 132 valence electrons. The number of aromatic amines is 1. The first kappa shape index (κ1) is 16.8. The van der Waals surface area contributed by atoms with Crippen LogP contribution in [0.1, 0.15) is 5.56 Å². The number of nitrogens with zero attached hydrogens (tertiary/aromatic N) is 3. The van der Waals surface area contributed by atoms with Gasteiger partial charge in [-0.15, -0.1) is 0 Å². The van der Waals surface area contributed by atoms with Crippen LogP contribution in [0.25, 0.3) is 11.2 Å². The summed E-state index contributed by atoms with van der Waals surface area (Å²) in [6.07, 6.45) is -0.920. The molecule has 0 amide bonds. The van der Waals surface area contributed by atoms with Crippen molar-refractivity contribution in [1.82, 2.24) is 19.1 Å². The molecule has 3 aromatic rings. The smallest absolute Gasteiger partial charge is 0.329 e. The van der Waals surface area contributed by atoms with Crippen LogP contribution in [0.15, 0.2) is 33.9 Å². The Labute approximate surface area is 142 Å². The van der Waals surface area contributed by atoms with Crippen LogP contribution in [-0.2, 0) is 13.6 Å². The van der Waals surface area contributed by atoms with E-state index in [2.05, 4.69) is 9.97 Å². The number of aliphatic hydroxyl groups is 1. The van der Waals surface area contributed by atoms with Crippen LogP contribution in [-0.4, -0.2) is 36.9 Å². The number of aromatic nitrogens is 4. The first-order chi connectivity index (χ1) is 11.9. The number of hydrogen-bond acceptors (Lipinski definition) is 6. The predicted octanol–water partition coefficient (Wildman–Crippen LogP) is -0.246. The molecular weight excluding hydrogens is 326 g/mol. The molecule has 0 radical (unpaired) electrons. The van der Waals surface area contributed by atoms with Crippen LogP contribution in [0.5, 0.6) is 5.75 Å². The number of fused-ring (bicyclic) bond motifs is 1. The van der Waals surface area contributed by atoms with Crippen molar-refractivity contribution in [3.63, 3.8) is 0 Å². The number of rotatable bonds is 5.